The van der Waals surface area contributed by atoms with Crippen LogP contribution in [0, 0.1) is 0 Å². The van der Waals surface area contributed by atoms with Crippen molar-refractivity contribution in [3.05, 3.63) is 21.9 Å². The Kier molecular flexibility index (Phi) is 2.93. The van der Waals surface area contributed by atoms with Gasteiger partial charge in [-0.25, -0.2) is 8.42 Å². The topological polar surface area (TPSA) is 51.2 Å². The lowest BCUT2D eigenvalue weighted by molar-refractivity contribution is 0.112. The van der Waals surface area contributed by atoms with Crippen LogP contribution in [0.15, 0.2) is 11.4 Å². The first kappa shape index (κ1) is 10.8. The SMILES string of the molecule is O=Cc1cc(C2CCS(=O)(=O)CC2)cs1. The van der Waals surface area contributed by atoms with E-state index in [2.05, 4.69) is 0 Å². The van der Waals surface area contributed by atoms with E-state index in [4.69, 9.17) is 0 Å². The van der Waals surface area contributed by atoms with Crippen molar-refractivity contribution < 1.29 is 13.2 Å². The molecule has 1 aliphatic rings. The molecule has 0 amide bonds. The molecule has 2 rings (SSSR count). The van der Waals surface area contributed by atoms with Gasteiger partial charge >= 0.3 is 0 Å². The van der Waals surface area contributed by atoms with Crippen LogP contribution in [0.1, 0.15) is 34.0 Å². The van der Waals surface area contributed by atoms with E-state index in [1.807, 2.05) is 11.4 Å². The minimum atomic E-state index is -2.79. The fourth-order valence-electron chi connectivity index (χ4n) is 1.87. The van der Waals surface area contributed by atoms with E-state index in [-0.39, 0.29) is 11.5 Å². The lowest BCUT2D eigenvalue weighted by atomic mass is 9.96. The third kappa shape index (κ3) is 2.46. The molecule has 0 atom stereocenters. The van der Waals surface area contributed by atoms with Gasteiger partial charge in [0.15, 0.2) is 6.29 Å². The molecule has 15 heavy (non-hydrogen) atoms. The molecule has 0 aliphatic carbocycles. The summed E-state index contributed by atoms with van der Waals surface area (Å²) in [7, 11) is -2.79. The largest absolute Gasteiger partial charge is 0.297 e. The van der Waals surface area contributed by atoms with Crippen LogP contribution in [-0.4, -0.2) is 26.2 Å². The monoisotopic (exact) mass is 244 g/mol. The van der Waals surface area contributed by atoms with E-state index < -0.39 is 9.84 Å². The van der Waals surface area contributed by atoms with Gasteiger partial charge in [0.2, 0.25) is 0 Å². The average molecular weight is 244 g/mol. The molecule has 0 spiro atoms. The van der Waals surface area contributed by atoms with E-state index in [0.717, 1.165) is 16.7 Å². The highest BCUT2D eigenvalue weighted by Gasteiger charge is 2.25. The fourth-order valence-corrected chi connectivity index (χ4v) is 4.15. The number of carbonyl (C=O) groups excluding carboxylic acids is 1. The van der Waals surface area contributed by atoms with Gasteiger partial charge in [-0.3, -0.25) is 4.79 Å². The van der Waals surface area contributed by atoms with Gasteiger partial charge in [-0.2, -0.15) is 0 Å². The van der Waals surface area contributed by atoms with Crippen LogP contribution >= 0.6 is 11.3 Å². The summed E-state index contributed by atoms with van der Waals surface area (Å²) in [5, 5.41) is 1.96. The summed E-state index contributed by atoms with van der Waals surface area (Å²) in [6, 6.07) is 1.88. The zero-order chi connectivity index (χ0) is 10.9. The Hall–Kier alpha value is -0.680. The van der Waals surface area contributed by atoms with Crippen LogP contribution in [0.2, 0.25) is 0 Å². The zero-order valence-corrected chi connectivity index (χ0v) is 9.81. The van der Waals surface area contributed by atoms with Gasteiger partial charge in [-0.1, -0.05) is 0 Å². The molecule has 1 fully saturated rings. The maximum atomic E-state index is 11.2. The molecule has 1 aromatic heterocycles. The van der Waals surface area contributed by atoms with E-state index in [1.54, 1.807) is 0 Å². The van der Waals surface area contributed by atoms with Crippen molar-refractivity contribution in [2.75, 3.05) is 11.5 Å². The highest BCUT2D eigenvalue weighted by Crippen LogP contribution is 2.31. The van der Waals surface area contributed by atoms with Crippen LogP contribution in [0.3, 0.4) is 0 Å². The summed E-state index contributed by atoms with van der Waals surface area (Å²) < 4.78 is 22.5. The summed E-state index contributed by atoms with van der Waals surface area (Å²) in [6.07, 6.45) is 2.22. The first-order valence-electron chi connectivity index (χ1n) is 4.85. The molecule has 3 nitrogen and oxygen atoms in total. The third-order valence-corrected chi connectivity index (χ3v) is 5.37. The Morgan fingerprint density at radius 1 is 1.33 bits per heavy atom. The van der Waals surface area contributed by atoms with Crippen molar-refractivity contribution in [2.45, 2.75) is 18.8 Å². The van der Waals surface area contributed by atoms with Crippen LogP contribution in [0.5, 0.6) is 0 Å². The molecule has 5 heteroatoms. The number of aldehydes is 1. The first-order valence-corrected chi connectivity index (χ1v) is 7.55. The highest BCUT2D eigenvalue weighted by molar-refractivity contribution is 7.91. The third-order valence-electron chi connectivity index (χ3n) is 2.78. The van der Waals surface area contributed by atoms with Crippen LogP contribution in [0.4, 0.5) is 0 Å². The normalized spacial score (nSPS) is 21.3. The van der Waals surface area contributed by atoms with Crippen LogP contribution in [0.25, 0.3) is 0 Å². The summed E-state index contributed by atoms with van der Waals surface area (Å²) in [5.41, 5.74) is 1.12. The number of rotatable bonds is 2. The molecular weight excluding hydrogens is 232 g/mol. The van der Waals surface area contributed by atoms with E-state index >= 15 is 0 Å². The van der Waals surface area contributed by atoms with Crippen molar-refractivity contribution in [1.29, 1.82) is 0 Å². The molecule has 0 bridgehead atoms. The van der Waals surface area contributed by atoms with Crippen molar-refractivity contribution >= 4 is 27.5 Å². The second-order valence-corrected chi connectivity index (χ2v) is 7.07. The quantitative estimate of drug-likeness (QED) is 0.746. The maximum Gasteiger partial charge on any atom is 0.160 e. The first-order chi connectivity index (χ1) is 7.11. The standard InChI is InChI=1S/C10H12O3S2/c11-6-10-5-9(7-14-10)8-1-3-15(12,13)4-2-8/h5-8H,1-4H2. The summed E-state index contributed by atoms with van der Waals surface area (Å²) in [4.78, 5) is 11.2. The number of carbonyl (C=O) groups is 1. The second-order valence-electron chi connectivity index (χ2n) is 3.83. The predicted octanol–water partition coefficient (Wildman–Crippen LogP) is 1.85. The van der Waals surface area contributed by atoms with Crippen molar-refractivity contribution in [3.63, 3.8) is 0 Å². The van der Waals surface area contributed by atoms with Gasteiger partial charge in [0.1, 0.15) is 9.84 Å². The number of hydrogen-bond acceptors (Lipinski definition) is 4. The number of hydrogen-bond donors (Lipinski definition) is 0. The highest BCUT2D eigenvalue weighted by atomic mass is 32.2. The van der Waals surface area contributed by atoms with Gasteiger partial charge in [0.25, 0.3) is 0 Å². The Balaban J connectivity index is 2.10. The van der Waals surface area contributed by atoms with Gasteiger partial charge in [-0.05, 0) is 35.8 Å². The molecule has 0 aromatic carbocycles. The Bertz CT molecular complexity index is 445. The van der Waals surface area contributed by atoms with Crippen LogP contribution in [-0.2, 0) is 9.84 Å². The van der Waals surface area contributed by atoms with E-state index in [1.165, 1.54) is 11.3 Å². The summed E-state index contributed by atoms with van der Waals surface area (Å²) >= 11 is 1.43. The predicted molar refractivity (Wildman–Crippen MR) is 60.3 cm³/mol. The lowest BCUT2D eigenvalue weighted by Crippen LogP contribution is -2.21. The lowest BCUT2D eigenvalue weighted by Gasteiger charge is -2.20. The Morgan fingerprint density at radius 3 is 2.53 bits per heavy atom. The molecule has 2 heterocycles. The maximum absolute atomic E-state index is 11.2. The average Bonchev–Trinajstić information content (AvgIpc) is 2.66. The van der Waals surface area contributed by atoms with Gasteiger partial charge < -0.3 is 0 Å². The molecule has 0 N–H and O–H groups in total. The molecular formula is C10H12O3S2. The molecule has 1 saturated heterocycles. The number of sulfone groups is 1. The van der Waals surface area contributed by atoms with Crippen molar-refractivity contribution in [3.8, 4) is 0 Å². The summed E-state index contributed by atoms with van der Waals surface area (Å²) in [5.74, 6) is 0.881. The number of thiophene rings is 1. The van der Waals surface area contributed by atoms with E-state index in [0.29, 0.717) is 18.8 Å². The molecule has 1 aliphatic heterocycles. The van der Waals surface area contributed by atoms with Gasteiger partial charge in [-0.15, -0.1) is 11.3 Å². The second kappa shape index (κ2) is 4.06. The van der Waals surface area contributed by atoms with Crippen LogP contribution < -0.4 is 0 Å². The molecule has 0 saturated carbocycles. The van der Waals surface area contributed by atoms with Gasteiger partial charge in [0, 0.05) is 0 Å². The minimum Gasteiger partial charge on any atom is -0.297 e. The van der Waals surface area contributed by atoms with Gasteiger partial charge in [0.05, 0.1) is 16.4 Å². The smallest absolute Gasteiger partial charge is 0.160 e. The molecule has 1 aromatic rings. The van der Waals surface area contributed by atoms with E-state index in [9.17, 15) is 13.2 Å². The molecule has 82 valence electrons. The van der Waals surface area contributed by atoms with Crippen molar-refractivity contribution in [2.24, 2.45) is 0 Å². The summed E-state index contributed by atoms with van der Waals surface area (Å²) in [6.45, 7) is 0. The zero-order valence-electron chi connectivity index (χ0n) is 8.18. The van der Waals surface area contributed by atoms with Crippen molar-refractivity contribution in [1.82, 2.24) is 0 Å². The Labute approximate surface area is 93.0 Å². The molecule has 0 radical (unpaired) electrons. The fraction of sp³-hybridized carbons (Fsp3) is 0.500. The Morgan fingerprint density at radius 2 is 2.00 bits per heavy atom. The minimum absolute atomic E-state index is 0.282. The molecule has 0 unspecified atom stereocenters.